The lowest BCUT2D eigenvalue weighted by atomic mass is 10.2. The standard InChI is InChI=1S/C13H9BrClN3O3/c14-11-9(15)2-1-3-10(11)18-13(21)17-8-4-7(12(19)20)5-16-6-8/h1-6H,(H,19,20)(H2,17,18,21). The van der Waals surface area contributed by atoms with Gasteiger partial charge in [0.15, 0.2) is 0 Å². The monoisotopic (exact) mass is 369 g/mol. The molecular formula is C13H9BrClN3O3. The average Bonchev–Trinajstić information content (AvgIpc) is 2.44. The number of nitrogens with one attached hydrogen (secondary N) is 2. The van der Waals surface area contributed by atoms with Gasteiger partial charge in [-0.3, -0.25) is 4.98 Å². The summed E-state index contributed by atoms with van der Waals surface area (Å²) in [5.74, 6) is -1.12. The maximum Gasteiger partial charge on any atom is 0.337 e. The van der Waals surface area contributed by atoms with E-state index in [-0.39, 0.29) is 11.3 Å². The number of benzene rings is 1. The number of carbonyl (C=O) groups excluding carboxylic acids is 1. The molecule has 1 aromatic carbocycles. The third-order valence-corrected chi connectivity index (χ3v) is 3.84. The van der Waals surface area contributed by atoms with E-state index in [1.807, 2.05) is 0 Å². The van der Waals surface area contributed by atoms with Crippen molar-refractivity contribution in [1.29, 1.82) is 0 Å². The molecule has 0 bridgehead atoms. The number of hydrogen-bond acceptors (Lipinski definition) is 3. The summed E-state index contributed by atoms with van der Waals surface area (Å²) >= 11 is 9.18. The highest BCUT2D eigenvalue weighted by atomic mass is 79.9. The van der Waals surface area contributed by atoms with Crippen molar-refractivity contribution in [1.82, 2.24) is 4.98 Å². The SMILES string of the molecule is O=C(Nc1cncc(C(=O)O)c1)Nc1cccc(Cl)c1Br. The molecule has 8 heteroatoms. The Labute approximate surface area is 133 Å². The van der Waals surface area contributed by atoms with Crippen molar-refractivity contribution in [2.75, 3.05) is 10.6 Å². The molecule has 0 saturated carbocycles. The fraction of sp³-hybridized carbons (Fsp3) is 0. The van der Waals surface area contributed by atoms with Crippen LogP contribution in [0.25, 0.3) is 0 Å². The topological polar surface area (TPSA) is 91.3 Å². The maximum atomic E-state index is 11.9. The first-order valence-electron chi connectivity index (χ1n) is 5.67. The molecule has 2 rings (SSSR count). The Hall–Kier alpha value is -2.12. The Morgan fingerprint density at radius 3 is 2.71 bits per heavy atom. The largest absolute Gasteiger partial charge is 0.478 e. The molecule has 0 saturated heterocycles. The third kappa shape index (κ3) is 3.93. The number of halogens is 2. The molecule has 0 fully saturated rings. The number of nitrogens with zero attached hydrogens (tertiary/aromatic N) is 1. The van der Waals surface area contributed by atoms with Crippen molar-refractivity contribution in [2.45, 2.75) is 0 Å². The second kappa shape index (κ2) is 6.55. The summed E-state index contributed by atoms with van der Waals surface area (Å²) in [7, 11) is 0. The smallest absolute Gasteiger partial charge is 0.337 e. The highest BCUT2D eigenvalue weighted by Crippen LogP contribution is 2.30. The molecule has 1 heterocycles. The summed E-state index contributed by atoms with van der Waals surface area (Å²) < 4.78 is 0.555. The lowest BCUT2D eigenvalue weighted by molar-refractivity contribution is 0.0696. The average molecular weight is 371 g/mol. The van der Waals surface area contributed by atoms with Crippen LogP contribution in [0.4, 0.5) is 16.2 Å². The van der Waals surface area contributed by atoms with Gasteiger partial charge in [-0.1, -0.05) is 17.7 Å². The summed E-state index contributed by atoms with van der Waals surface area (Å²) in [4.78, 5) is 26.4. The van der Waals surface area contributed by atoms with Crippen LogP contribution >= 0.6 is 27.5 Å². The van der Waals surface area contributed by atoms with E-state index in [9.17, 15) is 9.59 Å². The fourth-order valence-corrected chi connectivity index (χ4v) is 2.05. The Balaban J connectivity index is 2.10. The van der Waals surface area contributed by atoms with E-state index in [0.29, 0.717) is 15.2 Å². The van der Waals surface area contributed by atoms with Gasteiger partial charge in [-0.05, 0) is 34.1 Å². The number of carbonyl (C=O) groups is 2. The van der Waals surface area contributed by atoms with Crippen LogP contribution in [0, 0.1) is 0 Å². The van der Waals surface area contributed by atoms with Crippen LogP contribution in [-0.4, -0.2) is 22.1 Å². The number of urea groups is 1. The molecule has 108 valence electrons. The molecule has 2 amide bonds. The zero-order valence-corrected chi connectivity index (χ0v) is 12.8. The number of carboxylic acid groups (broad SMARTS) is 1. The molecule has 0 spiro atoms. The van der Waals surface area contributed by atoms with Gasteiger partial charge in [0, 0.05) is 6.20 Å². The predicted octanol–water partition coefficient (Wildman–Crippen LogP) is 3.84. The van der Waals surface area contributed by atoms with Crippen molar-refractivity contribution in [2.24, 2.45) is 0 Å². The van der Waals surface area contributed by atoms with Gasteiger partial charge in [-0.2, -0.15) is 0 Å². The number of hydrogen-bond donors (Lipinski definition) is 3. The summed E-state index contributed by atoms with van der Waals surface area (Å²) in [5, 5.41) is 14.4. The summed E-state index contributed by atoms with van der Waals surface area (Å²) in [6, 6.07) is 5.80. The summed E-state index contributed by atoms with van der Waals surface area (Å²) in [5.41, 5.74) is 0.740. The zero-order valence-electron chi connectivity index (χ0n) is 10.4. The Kier molecular flexibility index (Phi) is 4.77. The number of amides is 2. The molecule has 6 nitrogen and oxygen atoms in total. The van der Waals surface area contributed by atoms with Gasteiger partial charge in [0.25, 0.3) is 0 Å². The quantitative estimate of drug-likeness (QED) is 0.765. The van der Waals surface area contributed by atoms with Gasteiger partial charge in [0.05, 0.1) is 32.6 Å². The van der Waals surface area contributed by atoms with Crippen LogP contribution in [0.2, 0.25) is 5.02 Å². The van der Waals surface area contributed by atoms with Gasteiger partial charge in [-0.25, -0.2) is 9.59 Å². The Morgan fingerprint density at radius 1 is 1.24 bits per heavy atom. The molecule has 1 aromatic heterocycles. The van der Waals surface area contributed by atoms with Crippen LogP contribution in [0.15, 0.2) is 41.1 Å². The molecule has 0 aliphatic rings. The van der Waals surface area contributed by atoms with E-state index in [1.54, 1.807) is 18.2 Å². The van der Waals surface area contributed by atoms with E-state index in [1.165, 1.54) is 18.5 Å². The van der Waals surface area contributed by atoms with Crippen LogP contribution in [0.1, 0.15) is 10.4 Å². The van der Waals surface area contributed by atoms with Crippen LogP contribution in [-0.2, 0) is 0 Å². The van der Waals surface area contributed by atoms with E-state index in [0.717, 1.165) is 0 Å². The number of aromatic nitrogens is 1. The third-order valence-electron chi connectivity index (χ3n) is 2.44. The van der Waals surface area contributed by atoms with Crippen molar-refractivity contribution >= 4 is 50.9 Å². The molecular weight excluding hydrogens is 362 g/mol. The molecule has 2 aromatic rings. The lowest BCUT2D eigenvalue weighted by Gasteiger charge is -2.10. The Bertz CT molecular complexity index is 709. The minimum Gasteiger partial charge on any atom is -0.478 e. The maximum absolute atomic E-state index is 11.9. The zero-order chi connectivity index (χ0) is 15.4. The number of aromatic carboxylic acids is 1. The van der Waals surface area contributed by atoms with E-state index < -0.39 is 12.0 Å². The van der Waals surface area contributed by atoms with E-state index in [4.69, 9.17) is 16.7 Å². The number of rotatable bonds is 3. The van der Waals surface area contributed by atoms with Crippen molar-refractivity contribution in [3.63, 3.8) is 0 Å². The van der Waals surface area contributed by atoms with Gasteiger partial charge in [0.2, 0.25) is 0 Å². The summed E-state index contributed by atoms with van der Waals surface area (Å²) in [6.45, 7) is 0. The van der Waals surface area contributed by atoms with Gasteiger partial charge in [0.1, 0.15) is 0 Å². The van der Waals surface area contributed by atoms with Crippen LogP contribution in [0.5, 0.6) is 0 Å². The molecule has 0 atom stereocenters. The van der Waals surface area contributed by atoms with Gasteiger partial charge >= 0.3 is 12.0 Å². The first-order valence-corrected chi connectivity index (χ1v) is 6.85. The van der Waals surface area contributed by atoms with Crippen molar-refractivity contribution in [3.8, 4) is 0 Å². The highest BCUT2D eigenvalue weighted by molar-refractivity contribution is 9.10. The molecule has 21 heavy (non-hydrogen) atoms. The number of pyridine rings is 1. The van der Waals surface area contributed by atoms with Crippen LogP contribution < -0.4 is 10.6 Å². The first kappa shape index (κ1) is 15.3. The number of carboxylic acids is 1. The number of anilines is 2. The molecule has 0 unspecified atom stereocenters. The Morgan fingerprint density at radius 2 is 2.00 bits per heavy atom. The summed E-state index contributed by atoms with van der Waals surface area (Å²) in [6.07, 6.45) is 2.54. The van der Waals surface area contributed by atoms with Gasteiger partial charge in [-0.15, -0.1) is 0 Å². The van der Waals surface area contributed by atoms with E-state index >= 15 is 0 Å². The van der Waals surface area contributed by atoms with Crippen molar-refractivity contribution in [3.05, 3.63) is 51.7 Å². The highest BCUT2D eigenvalue weighted by Gasteiger charge is 2.09. The van der Waals surface area contributed by atoms with Crippen molar-refractivity contribution < 1.29 is 14.7 Å². The fourth-order valence-electron chi connectivity index (χ4n) is 1.51. The first-order chi connectivity index (χ1) is 9.97. The molecule has 0 aliphatic carbocycles. The molecule has 0 radical (unpaired) electrons. The van der Waals surface area contributed by atoms with Gasteiger partial charge < -0.3 is 15.7 Å². The lowest BCUT2D eigenvalue weighted by Crippen LogP contribution is -2.20. The second-order valence-corrected chi connectivity index (χ2v) is 5.15. The predicted molar refractivity (Wildman–Crippen MR) is 83.0 cm³/mol. The molecule has 0 aliphatic heterocycles. The minimum atomic E-state index is -1.12. The van der Waals surface area contributed by atoms with E-state index in [2.05, 4.69) is 31.5 Å². The normalized spacial score (nSPS) is 10.0. The van der Waals surface area contributed by atoms with Crippen LogP contribution in [0.3, 0.4) is 0 Å². The molecule has 3 N–H and O–H groups in total. The second-order valence-electron chi connectivity index (χ2n) is 3.95. The minimum absolute atomic E-state index is 0.0169.